The second-order valence-electron chi connectivity index (χ2n) is 4.31. The number of aromatic carboxylic acids is 1. The molecule has 0 atom stereocenters. The number of carboxylic acid groups (broad SMARTS) is 1. The van der Waals surface area contributed by atoms with Crippen molar-refractivity contribution in [2.24, 2.45) is 0 Å². The fourth-order valence-corrected chi connectivity index (χ4v) is 1.95. The van der Waals surface area contributed by atoms with Crippen LogP contribution in [0.2, 0.25) is 0 Å². The first-order valence-electron chi connectivity index (χ1n) is 6.08. The molecule has 2 aromatic carbocycles. The van der Waals surface area contributed by atoms with Gasteiger partial charge in [0.25, 0.3) is 0 Å². The summed E-state index contributed by atoms with van der Waals surface area (Å²) in [4.78, 5) is 23.5. The van der Waals surface area contributed by atoms with E-state index in [4.69, 9.17) is 4.74 Å². The Morgan fingerprint density at radius 2 is 1.75 bits per heavy atom. The number of benzene rings is 2. The molecule has 2 rings (SSSR count). The topological polar surface area (TPSA) is 63.6 Å². The van der Waals surface area contributed by atoms with Gasteiger partial charge in [-0.2, -0.15) is 0 Å². The summed E-state index contributed by atoms with van der Waals surface area (Å²) >= 11 is 0. The van der Waals surface area contributed by atoms with E-state index in [1.54, 1.807) is 36.4 Å². The molecular weight excluding hydrogens is 256 g/mol. The molecule has 4 heteroatoms. The van der Waals surface area contributed by atoms with E-state index in [-0.39, 0.29) is 18.0 Å². The summed E-state index contributed by atoms with van der Waals surface area (Å²) in [5, 5.41) is 9.20. The molecule has 2 aromatic rings. The molecule has 0 aromatic heterocycles. The van der Waals surface area contributed by atoms with Crippen molar-refractivity contribution in [2.75, 3.05) is 7.11 Å². The zero-order valence-corrected chi connectivity index (χ0v) is 11.0. The minimum atomic E-state index is -1.07. The highest BCUT2D eigenvalue weighted by Gasteiger charge is 2.15. The maximum atomic E-state index is 12.3. The fourth-order valence-electron chi connectivity index (χ4n) is 1.95. The van der Waals surface area contributed by atoms with E-state index in [2.05, 4.69) is 0 Å². The number of carboxylic acids is 1. The Bertz CT molecular complexity index is 632. The Labute approximate surface area is 116 Å². The number of hydrogen-bond donors (Lipinski definition) is 1. The summed E-state index contributed by atoms with van der Waals surface area (Å²) in [6.45, 7) is 0.196. The molecule has 0 radical (unpaired) electrons. The van der Waals surface area contributed by atoms with Gasteiger partial charge < -0.3 is 9.84 Å². The van der Waals surface area contributed by atoms with Crippen LogP contribution in [0.5, 0.6) is 0 Å². The Hall–Kier alpha value is -2.46. The number of carbonyl (C=O) groups is 2. The monoisotopic (exact) mass is 270 g/mol. The average molecular weight is 270 g/mol. The Kier molecular flexibility index (Phi) is 4.27. The highest BCUT2D eigenvalue weighted by molar-refractivity contribution is 6.10. The number of ketones is 1. The molecule has 102 valence electrons. The Morgan fingerprint density at radius 3 is 2.35 bits per heavy atom. The van der Waals surface area contributed by atoms with Crippen LogP contribution in [-0.4, -0.2) is 24.0 Å². The predicted octanol–water partition coefficient (Wildman–Crippen LogP) is 2.76. The SMILES string of the molecule is COCc1ccc(C(=O)c2ccccc2)cc1C(=O)O. The summed E-state index contributed by atoms with van der Waals surface area (Å²) < 4.78 is 4.96. The third-order valence-corrected chi connectivity index (χ3v) is 2.94. The van der Waals surface area contributed by atoms with Crippen LogP contribution in [0.3, 0.4) is 0 Å². The molecule has 0 fully saturated rings. The minimum Gasteiger partial charge on any atom is -0.478 e. The van der Waals surface area contributed by atoms with Gasteiger partial charge in [-0.05, 0) is 11.6 Å². The van der Waals surface area contributed by atoms with Gasteiger partial charge in [-0.3, -0.25) is 4.79 Å². The first kappa shape index (κ1) is 14.0. The molecule has 1 N–H and O–H groups in total. The van der Waals surface area contributed by atoms with Crippen molar-refractivity contribution in [3.05, 3.63) is 70.8 Å². The lowest BCUT2D eigenvalue weighted by Crippen LogP contribution is -2.08. The molecule has 0 bridgehead atoms. The van der Waals surface area contributed by atoms with Gasteiger partial charge >= 0.3 is 5.97 Å². The largest absolute Gasteiger partial charge is 0.478 e. The van der Waals surface area contributed by atoms with Crippen molar-refractivity contribution in [1.82, 2.24) is 0 Å². The lowest BCUT2D eigenvalue weighted by molar-refractivity contribution is 0.0692. The normalized spacial score (nSPS) is 10.2. The lowest BCUT2D eigenvalue weighted by atomic mass is 9.98. The maximum Gasteiger partial charge on any atom is 0.336 e. The van der Waals surface area contributed by atoms with Gasteiger partial charge in [0.15, 0.2) is 5.78 Å². The van der Waals surface area contributed by atoms with E-state index in [9.17, 15) is 14.7 Å². The van der Waals surface area contributed by atoms with E-state index in [0.717, 1.165) is 0 Å². The molecule has 0 aliphatic heterocycles. The van der Waals surface area contributed by atoms with Crippen LogP contribution in [0.15, 0.2) is 48.5 Å². The smallest absolute Gasteiger partial charge is 0.336 e. The van der Waals surface area contributed by atoms with Gasteiger partial charge in [0.2, 0.25) is 0 Å². The van der Waals surface area contributed by atoms with E-state index < -0.39 is 5.97 Å². The lowest BCUT2D eigenvalue weighted by Gasteiger charge is -2.08. The molecule has 0 amide bonds. The van der Waals surface area contributed by atoms with Crippen LogP contribution in [0.25, 0.3) is 0 Å². The number of methoxy groups -OCH3 is 1. The first-order chi connectivity index (χ1) is 9.63. The zero-order chi connectivity index (χ0) is 14.5. The van der Waals surface area contributed by atoms with E-state index in [1.165, 1.54) is 13.2 Å². The minimum absolute atomic E-state index is 0.0913. The number of hydrogen-bond acceptors (Lipinski definition) is 3. The molecule has 0 aliphatic rings. The van der Waals surface area contributed by atoms with Crippen LogP contribution in [0.4, 0.5) is 0 Å². The summed E-state index contributed by atoms with van der Waals surface area (Å²) in [7, 11) is 1.49. The van der Waals surface area contributed by atoms with Crippen molar-refractivity contribution < 1.29 is 19.4 Å². The van der Waals surface area contributed by atoms with Gasteiger partial charge in [0, 0.05) is 18.2 Å². The van der Waals surface area contributed by atoms with Crippen LogP contribution in [0, 0.1) is 0 Å². The number of carbonyl (C=O) groups excluding carboxylic acids is 1. The second-order valence-corrected chi connectivity index (χ2v) is 4.31. The van der Waals surface area contributed by atoms with Crippen LogP contribution in [0.1, 0.15) is 31.8 Å². The molecule has 0 saturated carbocycles. The third kappa shape index (κ3) is 2.92. The number of ether oxygens (including phenoxy) is 1. The molecule has 0 unspecified atom stereocenters. The Balaban J connectivity index is 2.41. The summed E-state index contributed by atoms with van der Waals surface area (Å²) in [6, 6.07) is 13.4. The molecule has 0 heterocycles. The van der Waals surface area contributed by atoms with Gasteiger partial charge in [-0.15, -0.1) is 0 Å². The van der Waals surface area contributed by atoms with E-state index in [0.29, 0.717) is 16.7 Å². The Morgan fingerprint density at radius 1 is 1.05 bits per heavy atom. The predicted molar refractivity (Wildman–Crippen MR) is 74.0 cm³/mol. The van der Waals surface area contributed by atoms with Crippen LogP contribution < -0.4 is 0 Å². The zero-order valence-electron chi connectivity index (χ0n) is 11.0. The molecule has 0 spiro atoms. The van der Waals surface area contributed by atoms with Crippen molar-refractivity contribution in [2.45, 2.75) is 6.61 Å². The molecule has 4 nitrogen and oxygen atoms in total. The standard InChI is InChI=1S/C16H14O4/c1-20-10-13-8-7-12(9-14(13)16(18)19)15(17)11-5-3-2-4-6-11/h2-9H,10H2,1H3,(H,18,19). The first-order valence-corrected chi connectivity index (χ1v) is 6.08. The molecule has 20 heavy (non-hydrogen) atoms. The third-order valence-electron chi connectivity index (χ3n) is 2.94. The van der Waals surface area contributed by atoms with Gasteiger partial charge in [-0.25, -0.2) is 4.79 Å². The van der Waals surface area contributed by atoms with E-state index in [1.807, 2.05) is 6.07 Å². The second kappa shape index (κ2) is 6.12. The van der Waals surface area contributed by atoms with Gasteiger partial charge in [0.05, 0.1) is 12.2 Å². The highest BCUT2D eigenvalue weighted by Crippen LogP contribution is 2.16. The average Bonchev–Trinajstić information content (AvgIpc) is 2.48. The quantitative estimate of drug-likeness (QED) is 0.848. The van der Waals surface area contributed by atoms with Crippen LogP contribution >= 0.6 is 0 Å². The maximum absolute atomic E-state index is 12.3. The summed E-state index contributed by atoms with van der Waals surface area (Å²) in [6.07, 6.45) is 0. The van der Waals surface area contributed by atoms with Gasteiger partial charge in [0.1, 0.15) is 0 Å². The van der Waals surface area contributed by atoms with E-state index >= 15 is 0 Å². The molecule has 0 aliphatic carbocycles. The molecular formula is C16H14O4. The van der Waals surface area contributed by atoms with Crippen molar-refractivity contribution in [3.63, 3.8) is 0 Å². The highest BCUT2D eigenvalue weighted by atomic mass is 16.5. The summed E-state index contributed by atoms with van der Waals surface area (Å²) in [5.74, 6) is -1.27. The number of rotatable bonds is 5. The van der Waals surface area contributed by atoms with Gasteiger partial charge in [-0.1, -0.05) is 42.5 Å². The molecule has 0 saturated heterocycles. The van der Waals surface area contributed by atoms with Crippen molar-refractivity contribution in [1.29, 1.82) is 0 Å². The van der Waals surface area contributed by atoms with Crippen molar-refractivity contribution in [3.8, 4) is 0 Å². The van der Waals surface area contributed by atoms with Crippen LogP contribution in [-0.2, 0) is 11.3 Å². The van der Waals surface area contributed by atoms with Crippen molar-refractivity contribution >= 4 is 11.8 Å². The summed E-state index contributed by atoms with van der Waals surface area (Å²) in [5.41, 5.74) is 1.52. The fraction of sp³-hybridized carbons (Fsp3) is 0.125.